The minimum atomic E-state index is -1.12. The molecule has 3 aromatic carbocycles. The van der Waals surface area contributed by atoms with Crippen LogP contribution in [0.3, 0.4) is 0 Å². The van der Waals surface area contributed by atoms with E-state index in [9.17, 15) is 19.8 Å². The summed E-state index contributed by atoms with van der Waals surface area (Å²) in [6, 6.07) is 6.68. The van der Waals surface area contributed by atoms with Gasteiger partial charge in [0.2, 0.25) is 5.75 Å². The van der Waals surface area contributed by atoms with Crippen molar-refractivity contribution in [3.63, 3.8) is 0 Å². The van der Waals surface area contributed by atoms with Crippen molar-refractivity contribution in [2.45, 2.75) is 39.2 Å². The summed E-state index contributed by atoms with van der Waals surface area (Å²) in [5.41, 5.74) is 0.624. The Morgan fingerprint density at radius 1 is 0.727 bits per heavy atom. The summed E-state index contributed by atoms with van der Waals surface area (Å²) in [6.45, 7) is 2.86. The molecule has 0 spiro atoms. The Morgan fingerprint density at radius 3 is 1.84 bits per heavy atom. The van der Waals surface area contributed by atoms with Crippen molar-refractivity contribution in [3.8, 4) is 45.6 Å². The van der Waals surface area contributed by atoms with Crippen LogP contribution in [0.2, 0.25) is 0 Å². The fourth-order valence-electron chi connectivity index (χ4n) is 5.30. The molecule has 240 valence electrons. The number of ether oxygens (including phenoxy) is 7. The average Bonchev–Trinajstić information content (AvgIpc) is 3.06. The number of carbonyl (C=O) groups excluding carboxylic acids is 2. The highest BCUT2D eigenvalue weighted by Gasteiger charge is 2.35. The van der Waals surface area contributed by atoms with E-state index in [1.807, 2.05) is 13.8 Å². The first-order chi connectivity index (χ1) is 21.2. The number of carbonyl (C=O) groups is 2. The Kier molecular flexibility index (Phi) is 12.1. The van der Waals surface area contributed by atoms with E-state index in [2.05, 4.69) is 0 Å². The minimum absolute atomic E-state index is 0.0208. The van der Waals surface area contributed by atoms with Gasteiger partial charge in [-0.1, -0.05) is 32.8 Å². The number of methoxy groups -OCH3 is 6. The molecule has 0 fully saturated rings. The Labute approximate surface area is 257 Å². The lowest BCUT2D eigenvalue weighted by atomic mass is 9.84. The summed E-state index contributed by atoms with van der Waals surface area (Å²) in [5.74, 6) is 0.295. The van der Waals surface area contributed by atoms with Gasteiger partial charge in [-0.2, -0.15) is 0 Å². The lowest BCUT2D eigenvalue weighted by molar-refractivity contribution is 0.0581. The standard InChI is InChI=1S/C33H42O11/c1-9-18(10-2)13-22(36)28-29(33(37)43-8)26(19-11-12-23(38-3)24(14-19)39-4)27-21(30(28)44-20(16-34)17-35)15-25(40-5)31(41-6)32(27)42-7/h11-12,14-15,18,20,34-35H,9-10,13,16-17H2,1-8H3. The minimum Gasteiger partial charge on any atom is -0.493 e. The van der Waals surface area contributed by atoms with Gasteiger partial charge < -0.3 is 43.4 Å². The van der Waals surface area contributed by atoms with E-state index >= 15 is 0 Å². The second-order valence-electron chi connectivity index (χ2n) is 10.00. The van der Waals surface area contributed by atoms with E-state index in [1.165, 1.54) is 42.7 Å². The summed E-state index contributed by atoms with van der Waals surface area (Å²) >= 11 is 0. The van der Waals surface area contributed by atoms with Crippen LogP contribution in [-0.2, 0) is 4.74 Å². The van der Waals surface area contributed by atoms with Crippen LogP contribution < -0.4 is 28.4 Å². The third kappa shape index (κ3) is 6.48. The molecule has 0 bridgehead atoms. The molecule has 11 nitrogen and oxygen atoms in total. The second-order valence-corrected chi connectivity index (χ2v) is 10.00. The zero-order valence-corrected chi connectivity index (χ0v) is 26.6. The summed E-state index contributed by atoms with van der Waals surface area (Å²) < 4.78 is 39.7. The number of esters is 1. The quantitative estimate of drug-likeness (QED) is 0.165. The molecule has 0 unspecified atom stereocenters. The van der Waals surface area contributed by atoms with E-state index < -0.39 is 25.3 Å². The third-order valence-electron chi connectivity index (χ3n) is 7.71. The first-order valence-electron chi connectivity index (χ1n) is 14.3. The Balaban J connectivity index is 2.76. The van der Waals surface area contributed by atoms with Crippen LogP contribution in [0.4, 0.5) is 0 Å². The number of ketones is 1. The largest absolute Gasteiger partial charge is 0.493 e. The molecule has 0 saturated carbocycles. The molecule has 0 aliphatic carbocycles. The molecule has 3 rings (SSSR count). The third-order valence-corrected chi connectivity index (χ3v) is 7.71. The van der Waals surface area contributed by atoms with E-state index in [1.54, 1.807) is 24.3 Å². The van der Waals surface area contributed by atoms with Gasteiger partial charge in [0.25, 0.3) is 0 Å². The maximum atomic E-state index is 14.3. The molecule has 0 radical (unpaired) electrons. The Bertz CT molecular complexity index is 1470. The topological polar surface area (TPSA) is 139 Å². The van der Waals surface area contributed by atoms with Gasteiger partial charge >= 0.3 is 5.97 Å². The fourth-order valence-corrected chi connectivity index (χ4v) is 5.30. The van der Waals surface area contributed by atoms with Crippen molar-refractivity contribution in [1.82, 2.24) is 0 Å². The van der Waals surface area contributed by atoms with Crippen LogP contribution in [0.15, 0.2) is 24.3 Å². The SMILES string of the molecule is CCC(CC)CC(=O)c1c(C(=O)OC)c(-c2ccc(OC)c(OC)c2)c2c(OC)c(OC)c(OC)cc2c1OC(CO)CO. The number of benzene rings is 3. The molecule has 0 aliphatic heterocycles. The first-order valence-corrected chi connectivity index (χ1v) is 14.3. The molecule has 0 amide bonds. The number of hydrogen-bond acceptors (Lipinski definition) is 11. The fraction of sp³-hybridized carbons (Fsp3) is 0.455. The van der Waals surface area contributed by atoms with Crippen molar-refractivity contribution >= 4 is 22.5 Å². The van der Waals surface area contributed by atoms with E-state index in [4.69, 9.17) is 33.2 Å². The average molecular weight is 615 g/mol. The Hall–Kier alpha value is -4.22. The van der Waals surface area contributed by atoms with Gasteiger partial charge in [-0.3, -0.25) is 4.79 Å². The van der Waals surface area contributed by atoms with Crippen molar-refractivity contribution in [3.05, 3.63) is 35.4 Å². The van der Waals surface area contributed by atoms with Gasteiger partial charge in [-0.25, -0.2) is 4.79 Å². The van der Waals surface area contributed by atoms with Crippen molar-refractivity contribution < 1.29 is 53.0 Å². The van der Waals surface area contributed by atoms with Crippen molar-refractivity contribution in [2.24, 2.45) is 5.92 Å². The predicted molar refractivity (Wildman–Crippen MR) is 165 cm³/mol. The van der Waals surface area contributed by atoms with Crippen molar-refractivity contribution in [1.29, 1.82) is 0 Å². The molecular weight excluding hydrogens is 572 g/mol. The van der Waals surface area contributed by atoms with Gasteiger partial charge in [0.1, 0.15) is 11.9 Å². The summed E-state index contributed by atoms with van der Waals surface area (Å²) in [7, 11) is 8.54. The molecule has 0 heterocycles. The zero-order valence-electron chi connectivity index (χ0n) is 26.6. The lowest BCUT2D eigenvalue weighted by Crippen LogP contribution is -2.27. The predicted octanol–water partition coefficient (Wildman–Crippen LogP) is 5.08. The van der Waals surface area contributed by atoms with Gasteiger partial charge in [-0.05, 0) is 29.7 Å². The van der Waals surface area contributed by atoms with E-state index in [-0.39, 0.29) is 57.8 Å². The molecule has 0 aromatic heterocycles. The van der Waals surface area contributed by atoms with E-state index in [0.29, 0.717) is 27.8 Å². The van der Waals surface area contributed by atoms with Crippen LogP contribution in [0.25, 0.3) is 21.9 Å². The van der Waals surface area contributed by atoms with Gasteiger partial charge in [0, 0.05) is 22.8 Å². The number of aliphatic hydroxyl groups excluding tert-OH is 2. The summed E-state index contributed by atoms with van der Waals surface area (Å²) in [6.07, 6.45) is 0.458. The van der Waals surface area contributed by atoms with Crippen molar-refractivity contribution in [2.75, 3.05) is 55.9 Å². The first kappa shape index (κ1) is 34.3. The maximum absolute atomic E-state index is 14.3. The normalized spacial score (nSPS) is 11.1. The van der Waals surface area contributed by atoms with Gasteiger partial charge in [0.15, 0.2) is 28.8 Å². The van der Waals surface area contributed by atoms with Crippen LogP contribution in [0.1, 0.15) is 53.8 Å². The molecule has 0 atom stereocenters. The monoisotopic (exact) mass is 614 g/mol. The van der Waals surface area contributed by atoms with Crippen LogP contribution in [0.5, 0.6) is 34.5 Å². The molecule has 44 heavy (non-hydrogen) atoms. The highest BCUT2D eigenvalue weighted by molar-refractivity contribution is 6.21. The number of aliphatic hydroxyl groups is 2. The molecule has 3 aromatic rings. The lowest BCUT2D eigenvalue weighted by Gasteiger charge is -2.26. The van der Waals surface area contributed by atoms with E-state index in [0.717, 1.165) is 12.8 Å². The highest BCUT2D eigenvalue weighted by Crippen LogP contribution is 2.53. The smallest absolute Gasteiger partial charge is 0.339 e. The highest BCUT2D eigenvalue weighted by atomic mass is 16.5. The second kappa shape index (κ2) is 15.5. The van der Waals surface area contributed by atoms with Crippen LogP contribution in [0, 0.1) is 5.92 Å². The zero-order chi connectivity index (χ0) is 32.6. The number of fused-ring (bicyclic) bond motifs is 1. The molecule has 0 aliphatic rings. The molecule has 0 saturated heterocycles. The van der Waals surface area contributed by atoms with Crippen LogP contribution >= 0.6 is 0 Å². The van der Waals surface area contributed by atoms with Crippen LogP contribution in [-0.4, -0.2) is 83.9 Å². The molecule has 2 N–H and O–H groups in total. The Morgan fingerprint density at radius 2 is 1.34 bits per heavy atom. The number of Topliss-reactive ketones (excluding diaryl/α,β-unsaturated/α-hetero) is 1. The molecule has 11 heteroatoms. The van der Waals surface area contributed by atoms with Gasteiger partial charge in [0.05, 0.1) is 67.0 Å². The summed E-state index contributed by atoms with van der Waals surface area (Å²) in [4.78, 5) is 28.2. The molecular formula is C33H42O11. The van der Waals surface area contributed by atoms with Gasteiger partial charge in [-0.15, -0.1) is 0 Å². The summed E-state index contributed by atoms with van der Waals surface area (Å²) in [5, 5.41) is 20.7. The maximum Gasteiger partial charge on any atom is 0.339 e. The number of rotatable bonds is 16. The number of hydrogen-bond donors (Lipinski definition) is 2.